The number of carbonyl (C=O) groups is 2. The first kappa shape index (κ1) is 9.72. The second-order valence-electron chi connectivity index (χ2n) is 3.17. The van der Waals surface area contributed by atoms with Gasteiger partial charge in [-0.15, -0.1) is 0 Å². The Morgan fingerprint density at radius 3 is 2.80 bits per heavy atom. The van der Waals surface area contributed by atoms with Crippen LogP contribution in [0.3, 0.4) is 0 Å². The Morgan fingerprint density at radius 2 is 2.13 bits per heavy atom. The van der Waals surface area contributed by atoms with Gasteiger partial charge < -0.3 is 9.84 Å². The second-order valence-corrected chi connectivity index (χ2v) is 3.17. The summed E-state index contributed by atoms with van der Waals surface area (Å²) in [5, 5.41) is 9.01. The van der Waals surface area contributed by atoms with Gasteiger partial charge in [0, 0.05) is 0 Å². The van der Waals surface area contributed by atoms with E-state index in [1.54, 1.807) is 0 Å². The van der Waals surface area contributed by atoms with Gasteiger partial charge in [0.15, 0.2) is 0 Å². The van der Waals surface area contributed by atoms with E-state index in [9.17, 15) is 9.59 Å². The normalized spacial score (nSPS) is 20.7. The molecule has 2 aliphatic heterocycles. The zero-order chi connectivity index (χ0) is 11.0. The summed E-state index contributed by atoms with van der Waals surface area (Å²) in [6, 6.07) is 0. The number of amidine groups is 1. The van der Waals surface area contributed by atoms with Crippen molar-refractivity contribution in [2.45, 2.75) is 13.3 Å². The van der Waals surface area contributed by atoms with E-state index in [0.717, 1.165) is 0 Å². The molecule has 0 unspecified atom stereocenters. The van der Waals surface area contributed by atoms with Crippen molar-refractivity contribution < 1.29 is 19.4 Å². The van der Waals surface area contributed by atoms with E-state index in [1.807, 2.05) is 0 Å². The fourth-order valence-electron chi connectivity index (χ4n) is 1.44. The molecule has 2 aliphatic rings. The lowest BCUT2D eigenvalue weighted by molar-refractivity contribution is -0.135. The average Bonchev–Trinajstić information content (AvgIpc) is 2.14. The smallest absolute Gasteiger partial charge is 0.316 e. The third-order valence-electron chi connectivity index (χ3n) is 2.07. The zero-order valence-electron chi connectivity index (χ0n) is 7.98. The summed E-state index contributed by atoms with van der Waals surface area (Å²) in [5.41, 5.74) is 0.425. The van der Waals surface area contributed by atoms with Crippen molar-refractivity contribution in [2.24, 2.45) is 9.98 Å². The van der Waals surface area contributed by atoms with Crippen LogP contribution in [0.25, 0.3) is 0 Å². The van der Waals surface area contributed by atoms with Crippen LogP contribution in [0.5, 0.6) is 0 Å². The molecule has 1 amide bonds. The second kappa shape index (κ2) is 3.39. The molecule has 6 heteroatoms. The van der Waals surface area contributed by atoms with Crippen LogP contribution in [0.1, 0.15) is 13.3 Å². The molecule has 0 atom stereocenters. The number of nitrogens with zero attached hydrogens (tertiary/aromatic N) is 2. The number of hydrogen-bond donors (Lipinski definition) is 1. The molecule has 0 aromatic rings. The van der Waals surface area contributed by atoms with Crippen molar-refractivity contribution in [1.82, 2.24) is 0 Å². The average molecular weight is 208 g/mol. The summed E-state index contributed by atoms with van der Waals surface area (Å²) >= 11 is 0. The minimum absolute atomic E-state index is 0.0483. The Morgan fingerprint density at radius 1 is 1.40 bits per heavy atom. The number of aliphatic imine (C=N–C) groups is 2. The van der Waals surface area contributed by atoms with Crippen molar-refractivity contribution in [3.63, 3.8) is 0 Å². The van der Waals surface area contributed by atoms with Gasteiger partial charge in [-0.3, -0.25) is 9.59 Å². The van der Waals surface area contributed by atoms with E-state index in [0.29, 0.717) is 5.57 Å². The number of ether oxygens (including phenoxy) is 1. The van der Waals surface area contributed by atoms with Gasteiger partial charge in [0.05, 0.1) is 13.0 Å². The highest BCUT2D eigenvalue weighted by Gasteiger charge is 2.32. The van der Waals surface area contributed by atoms with Crippen LogP contribution in [0, 0.1) is 0 Å². The number of rotatable bonds is 1. The van der Waals surface area contributed by atoms with Crippen LogP contribution in [-0.2, 0) is 14.3 Å². The van der Waals surface area contributed by atoms with E-state index >= 15 is 0 Å². The highest BCUT2D eigenvalue weighted by Crippen LogP contribution is 2.22. The summed E-state index contributed by atoms with van der Waals surface area (Å²) in [6.45, 7) is 1.16. The van der Waals surface area contributed by atoms with E-state index in [4.69, 9.17) is 9.84 Å². The van der Waals surface area contributed by atoms with Gasteiger partial charge >= 0.3 is 5.97 Å². The molecule has 2 rings (SSSR count). The number of hydrogen-bond acceptors (Lipinski definition) is 5. The molecule has 15 heavy (non-hydrogen) atoms. The first-order chi connectivity index (χ1) is 7.11. The predicted octanol–water partition coefficient (Wildman–Crippen LogP) is -0.421. The Hall–Kier alpha value is -1.82. The van der Waals surface area contributed by atoms with Crippen molar-refractivity contribution in [3.05, 3.63) is 11.1 Å². The van der Waals surface area contributed by atoms with Gasteiger partial charge in [-0.05, 0) is 12.5 Å². The molecule has 0 saturated carbocycles. The number of amides is 1. The molecule has 0 aromatic carbocycles. The van der Waals surface area contributed by atoms with Crippen LogP contribution in [0.2, 0.25) is 0 Å². The summed E-state index contributed by atoms with van der Waals surface area (Å²) < 4.78 is 4.80. The maximum absolute atomic E-state index is 11.5. The topological polar surface area (TPSA) is 88.3 Å². The first-order valence-corrected chi connectivity index (χ1v) is 4.34. The predicted molar refractivity (Wildman–Crippen MR) is 50.4 cm³/mol. The highest BCUT2D eigenvalue weighted by molar-refractivity contribution is 6.29. The Labute approximate surface area is 85.0 Å². The molecule has 78 valence electrons. The molecule has 1 N–H and O–H groups in total. The van der Waals surface area contributed by atoms with Crippen LogP contribution < -0.4 is 0 Å². The lowest BCUT2D eigenvalue weighted by Crippen LogP contribution is -2.30. The lowest BCUT2D eigenvalue weighted by Gasteiger charge is -2.20. The highest BCUT2D eigenvalue weighted by atomic mass is 16.5. The standard InChI is InChI=1S/C9H8N2O4/c1-4-10-8(14)7-5(3-12)2-6(13)15-9(7)11-4/h12H,2-3H2,1H3. The van der Waals surface area contributed by atoms with Gasteiger partial charge in [-0.1, -0.05) is 0 Å². The molecule has 0 spiro atoms. The van der Waals surface area contributed by atoms with Crippen molar-refractivity contribution in [1.29, 1.82) is 0 Å². The van der Waals surface area contributed by atoms with E-state index in [2.05, 4.69) is 9.98 Å². The SMILES string of the molecule is CC1=NC(=O)C2=C(CO)CC(=O)OC2=N1. The first-order valence-electron chi connectivity index (χ1n) is 4.34. The van der Waals surface area contributed by atoms with Gasteiger partial charge in [-0.25, -0.2) is 0 Å². The van der Waals surface area contributed by atoms with E-state index in [-0.39, 0.29) is 30.3 Å². The minimum Gasteiger partial charge on any atom is -0.406 e. The molecule has 6 nitrogen and oxygen atoms in total. The van der Waals surface area contributed by atoms with Gasteiger partial charge in [0.2, 0.25) is 5.90 Å². The maximum atomic E-state index is 11.5. The van der Waals surface area contributed by atoms with E-state index < -0.39 is 11.9 Å². The van der Waals surface area contributed by atoms with Gasteiger partial charge in [0.25, 0.3) is 5.91 Å². The fraction of sp³-hybridized carbons (Fsp3) is 0.333. The van der Waals surface area contributed by atoms with Crippen molar-refractivity contribution >= 4 is 23.6 Å². The molecule has 0 aliphatic carbocycles. The Kier molecular flexibility index (Phi) is 2.20. The number of fused-ring (bicyclic) bond motifs is 1. The van der Waals surface area contributed by atoms with Crippen LogP contribution in [0.4, 0.5) is 0 Å². The zero-order valence-corrected chi connectivity index (χ0v) is 7.98. The van der Waals surface area contributed by atoms with Gasteiger partial charge in [0.1, 0.15) is 11.4 Å². The molecule has 2 heterocycles. The summed E-state index contributed by atoms with van der Waals surface area (Å²) in [7, 11) is 0. The molecule has 0 bridgehead atoms. The third kappa shape index (κ3) is 1.59. The maximum Gasteiger partial charge on any atom is 0.316 e. The lowest BCUT2D eigenvalue weighted by atomic mass is 10.0. The third-order valence-corrected chi connectivity index (χ3v) is 2.07. The largest absolute Gasteiger partial charge is 0.406 e. The number of carbonyl (C=O) groups excluding carboxylic acids is 2. The van der Waals surface area contributed by atoms with Gasteiger partial charge in [-0.2, -0.15) is 9.98 Å². The minimum atomic E-state index is -0.524. The fourth-order valence-corrected chi connectivity index (χ4v) is 1.44. The monoisotopic (exact) mass is 208 g/mol. The van der Waals surface area contributed by atoms with Crippen LogP contribution >= 0.6 is 0 Å². The Bertz CT molecular complexity index is 445. The molecular weight excluding hydrogens is 200 g/mol. The van der Waals surface area contributed by atoms with Crippen molar-refractivity contribution in [3.8, 4) is 0 Å². The summed E-state index contributed by atoms with van der Waals surface area (Å²) in [6.07, 6.45) is -0.0921. The number of aliphatic hydroxyl groups excluding tert-OH is 1. The molecule has 0 aromatic heterocycles. The summed E-state index contributed by atoms with van der Waals surface area (Å²) in [4.78, 5) is 30.0. The quantitative estimate of drug-likeness (QED) is 0.592. The Balaban J connectivity index is 2.55. The molecule has 0 fully saturated rings. The molecule has 0 radical (unpaired) electrons. The van der Waals surface area contributed by atoms with Crippen molar-refractivity contribution in [2.75, 3.05) is 6.61 Å². The van der Waals surface area contributed by atoms with Crippen LogP contribution in [-0.4, -0.2) is 35.3 Å². The molecular formula is C9H8N2O4. The van der Waals surface area contributed by atoms with Crippen LogP contribution in [0.15, 0.2) is 21.1 Å². The number of aliphatic hydroxyl groups is 1. The number of esters is 1. The summed E-state index contributed by atoms with van der Waals surface area (Å²) in [5.74, 6) is -0.850. The van der Waals surface area contributed by atoms with E-state index in [1.165, 1.54) is 6.92 Å². The molecule has 0 saturated heterocycles.